The number of carbonyl (C=O) groups excluding carboxylic acids is 1. The Bertz CT molecular complexity index is 997. The van der Waals surface area contributed by atoms with Gasteiger partial charge in [-0.05, 0) is 94.2 Å². The highest BCUT2D eigenvalue weighted by Gasteiger charge is 2.51. The van der Waals surface area contributed by atoms with Crippen molar-refractivity contribution in [3.8, 4) is 0 Å². The quantitative estimate of drug-likeness (QED) is 0.489. The third kappa shape index (κ3) is 5.68. The molecule has 1 aromatic rings. The molecule has 4 aliphatic rings. The van der Waals surface area contributed by atoms with Gasteiger partial charge in [0.05, 0.1) is 0 Å². The van der Waals surface area contributed by atoms with E-state index in [0.29, 0.717) is 17.5 Å². The van der Waals surface area contributed by atoms with Crippen LogP contribution in [0.1, 0.15) is 80.6 Å². The number of alkyl halides is 3. The molecular weight excluding hydrogens is 477 g/mol. The maximum absolute atomic E-state index is 13.5. The molecule has 1 aromatic carbocycles. The molecule has 202 valence electrons. The monoisotopic (exact) mass is 516 g/mol. The number of allylic oxidation sites excluding steroid dienone is 4. The summed E-state index contributed by atoms with van der Waals surface area (Å²) in [6, 6.07) is 6.35. The Kier molecular flexibility index (Phi) is 7.56. The summed E-state index contributed by atoms with van der Waals surface area (Å²) in [5.41, 5.74) is -2.81. The zero-order chi connectivity index (χ0) is 26.2. The molecule has 0 spiro atoms. The van der Waals surface area contributed by atoms with Crippen LogP contribution in [0.2, 0.25) is 0 Å². The van der Waals surface area contributed by atoms with E-state index in [-0.39, 0.29) is 23.6 Å². The van der Waals surface area contributed by atoms with Gasteiger partial charge in [-0.3, -0.25) is 4.79 Å². The number of piperidine rings is 1. The number of hydrogen-bond acceptors (Lipinski definition) is 3. The molecule has 1 saturated heterocycles. The molecule has 1 heterocycles. The van der Waals surface area contributed by atoms with Crippen molar-refractivity contribution in [2.45, 2.75) is 94.6 Å². The molecule has 3 fully saturated rings. The minimum Gasteiger partial charge on any atom is -0.376 e. The number of hydrogen-bond donors (Lipinski definition) is 1. The highest BCUT2D eigenvalue weighted by molar-refractivity contribution is 5.95. The predicted molar refractivity (Wildman–Crippen MR) is 138 cm³/mol. The van der Waals surface area contributed by atoms with E-state index < -0.39 is 11.8 Å². The van der Waals surface area contributed by atoms with Crippen LogP contribution >= 0.6 is 0 Å². The number of nitrogens with zero attached hydrogens (tertiary/aromatic N) is 2. The average Bonchev–Trinajstić information content (AvgIpc) is 3.74. The highest BCUT2D eigenvalue weighted by atomic mass is 19.4. The van der Waals surface area contributed by atoms with E-state index in [9.17, 15) is 23.1 Å². The smallest absolute Gasteiger partial charge is 0.376 e. The molecule has 37 heavy (non-hydrogen) atoms. The number of carbonyl (C=O) groups is 1. The zero-order valence-corrected chi connectivity index (χ0v) is 21.7. The summed E-state index contributed by atoms with van der Waals surface area (Å²) in [6.07, 6.45) is 14.3. The Hall–Kier alpha value is -2.12. The first kappa shape index (κ1) is 26.5. The normalized spacial score (nSPS) is 29.2. The molecule has 1 amide bonds. The number of benzene rings is 1. The van der Waals surface area contributed by atoms with Gasteiger partial charge < -0.3 is 14.9 Å². The Morgan fingerprint density at radius 3 is 2.08 bits per heavy atom. The average molecular weight is 517 g/mol. The van der Waals surface area contributed by atoms with Gasteiger partial charge in [-0.1, -0.05) is 36.4 Å². The molecule has 0 bridgehead atoms. The number of halogens is 3. The second kappa shape index (κ2) is 10.6. The third-order valence-corrected chi connectivity index (χ3v) is 9.19. The van der Waals surface area contributed by atoms with Gasteiger partial charge in [-0.25, -0.2) is 0 Å². The fraction of sp³-hybridized carbons (Fsp3) is 0.633. The minimum absolute atomic E-state index is 0.103. The molecule has 3 aliphatic carbocycles. The fourth-order valence-electron chi connectivity index (χ4n) is 6.61. The lowest BCUT2D eigenvalue weighted by Crippen LogP contribution is -2.51. The van der Waals surface area contributed by atoms with Crippen LogP contribution < -0.4 is 0 Å². The van der Waals surface area contributed by atoms with Crippen molar-refractivity contribution in [2.24, 2.45) is 11.8 Å². The van der Waals surface area contributed by atoms with E-state index in [4.69, 9.17) is 0 Å². The molecule has 7 heteroatoms. The van der Waals surface area contributed by atoms with Gasteiger partial charge in [0.1, 0.15) is 0 Å². The summed E-state index contributed by atoms with van der Waals surface area (Å²) in [5.74, 6) is 1.39. The van der Waals surface area contributed by atoms with Crippen molar-refractivity contribution in [3.63, 3.8) is 0 Å². The van der Waals surface area contributed by atoms with E-state index in [1.807, 2.05) is 4.90 Å². The molecule has 2 saturated carbocycles. The van der Waals surface area contributed by atoms with Crippen LogP contribution in [0, 0.1) is 11.8 Å². The van der Waals surface area contributed by atoms with Crippen molar-refractivity contribution >= 4 is 5.91 Å². The summed E-state index contributed by atoms with van der Waals surface area (Å²) in [7, 11) is 0. The van der Waals surface area contributed by atoms with Gasteiger partial charge in [0.25, 0.3) is 5.91 Å². The summed E-state index contributed by atoms with van der Waals surface area (Å²) in [4.78, 5) is 18.1. The minimum atomic E-state index is -4.78. The second-order valence-electron chi connectivity index (χ2n) is 11.6. The predicted octanol–water partition coefficient (Wildman–Crippen LogP) is 6.22. The molecule has 0 unspecified atom stereocenters. The van der Waals surface area contributed by atoms with Crippen molar-refractivity contribution < 1.29 is 23.1 Å². The molecule has 0 aromatic heterocycles. The summed E-state index contributed by atoms with van der Waals surface area (Å²) >= 11 is 0. The lowest BCUT2D eigenvalue weighted by Gasteiger charge is -2.44. The molecule has 5 rings (SSSR count). The first-order valence-corrected chi connectivity index (χ1v) is 13.9. The fourth-order valence-corrected chi connectivity index (χ4v) is 6.61. The molecule has 0 radical (unpaired) electrons. The van der Waals surface area contributed by atoms with Crippen LogP contribution in [0.25, 0.3) is 0 Å². The molecule has 4 nitrogen and oxygen atoms in total. The maximum Gasteiger partial charge on any atom is 0.421 e. The Balaban J connectivity index is 1.17. The largest absolute Gasteiger partial charge is 0.421 e. The molecule has 2 atom stereocenters. The van der Waals surface area contributed by atoms with Crippen LogP contribution in [-0.2, 0) is 5.60 Å². The number of likely N-dealkylation sites (tertiary alicyclic amines) is 1. The van der Waals surface area contributed by atoms with Gasteiger partial charge in [0.2, 0.25) is 0 Å². The van der Waals surface area contributed by atoms with Crippen LogP contribution in [0.3, 0.4) is 0 Å². The Labute approximate surface area is 218 Å². The lowest BCUT2D eigenvalue weighted by molar-refractivity contribution is -0.258. The van der Waals surface area contributed by atoms with Gasteiger partial charge in [0, 0.05) is 36.8 Å². The van der Waals surface area contributed by atoms with Crippen LogP contribution in [0.15, 0.2) is 48.6 Å². The highest BCUT2D eigenvalue weighted by Crippen LogP contribution is 2.40. The first-order valence-electron chi connectivity index (χ1n) is 13.9. The van der Waals surface area contributed by atoms with Gasteiger partial charge in [0.15, 0.2) is 5.60 Å². The number of aliphatic hydroxyl groups is 1. The number of rotatable bonds is 6. The SMILES string of the molecule is C[C@](O)(c1ccc(C(=O)N(C2CC2)C2CCN(C3CCC([C@@H]4C=CC=CC4)CC3)CC2)cc1)C(F)(F)F. The lowest BCUT2D eigenvalue weighted by atomic mass is 9.75. The Morgan fingerprint density at radius 2 is 1.54 bits per heavy atom. The van der Waals surface area contributed by atoms with Gasteiger partial charge in [-0.15, -0.1) is 0 Å². The van der Waals surface area contributed by atoms with Gasteiger partial charge >= 0.3 is 6.18 Å². The van der Waals surface area contributed by atoms with E-state index in [1.54, 1.807) is 0 Å². The topological polar surface area (TPSA) is 43.8 Å². The number of amides is 1. The zero-order valence-electron chi connectivity index (χ0n) is 21.7. The maximum atomic E-state index is 13.5. The van der Waals surface area contributed by atoms with Crippen LogP contribution in [-0.4, -0.2) is 58.2 Å². The summed E-state index contributed by atoms with van der Waals surface area (Å²) in [6.45, 7) is 2.73. The second-order valence-corrected chi connectivity index (χ2v) is 11.6. The van der Waals surface area contributed by atoms with E-state index >= 15 is 0 Å². The standard InChI is InChI=1S/C30H39F3N2O2/c1-29(37,30(31,32)33)24-11-7-23(8-12-24)28(36)35(26-15-16-26)27-17-19-34(20-18-27)25-13-9-22(10-14-25)21-5-3-2-4-6-21/h2-5,7-8,11-12,21-22,25-27,37H,6,9-10,13-20H2,1H3/t21-,22?,25?,29+/m1/s1. The van der Waals surface area contributed by atoms with Gasteiger partial charge in [-0.2, -0.15) is 13.2 Å². The van der Waals surface area contributed by atoms with E-state index in [0.717, 1.165) is 51.6 Å². The molecule has 1 aliphatic heterocycles. The van der Waals surface area contributed by atoms with Crippen molar-refractivity contribution in [1.82, 2.24) is 9.80 Å². The van der Waals surface area contributed by atoms with Crippen molar-refractivity contribution in [2.75, 3.05) is 13.1 Å². The summed E-state index contributed by atoms with van der Waals surface area (Å²) in [5, 5.41) is 9.95. The molecule has 1 N–H and O–H groups in total. The Morgan fingerprint density at radius 1 is 0.919 bits per heavy atom. The molecular formula is C30H39F3N2O2. The van der Waals surface area contributed by atoms with E-state index in [1.165, 1.54) is 56.4 Å². The van der Waals surface area contributed by atoms with E-state index in [2.05, 4.69) is 29.2 Å². The third-order valence-electron chi connectivity index (χ3n) is 9.19. The van der Waals surface area contributed by atoms with Crippen LogP contribution in [0.5, 0.6) is 0 Å². The summed E-state index contributed by atoms with van der Waals surface area (Å²) < 4.78 is 39.6. The first-order chi connectivity index (χ1) is 17.6. The van der Waals surface area contributed by atoms with Crippen molar-refractivity contribution in [1.29, 1.82) is 0 Å². The van der Waals surface area contributed by atoms with Crippen LogP contribution in [0.4, 0.5) is 13.2 Å². The van der Waals surface area contributed by atoms with Crippen molar-refractivity contribution in [3.05, 3.63) is 59.7 Å².